The van der Waals surface area contributed by atoms with Gasteiger partial charge in [0.15, 0.2) is 0 Å². The van der Waals surface area contributed by atoms with Crippen LogP contribution in [-0.2, 0) is 12.8 Å². The highest BCUT2D eigenvalue weighted by Gasteiger charge is 2.20. The molecule has 0 atom stereocenters. The Bertz CT molecular complexity index is 1060. The van der Waals surface area contributed by atoms with Crippen LogP contribution in [0, 0.1) is 23.3 Å². The minimum Gasteiger partial charge on any atom is -0.207 e. The summed E-state index contributed by atoms with van der Waals surface area (Å²) in [4.78, 5) is 0. The number of hydrogen-bond donors (Lipinski definition) is 0. The Morgan fingerprint density at radius 1 is 0.786 bits per heavy atom. The molecule has 3 aromatic carbocycles. The lowest BCUT2D eigenvalue weighted by Gasteiger charge is -2.19. The van der Waals surface area contributed by atoms with Crippen molar-refractivity contribution >= 4 is 11.6 Å². The maximum absolute atomic E-state index is 14.7. The van der Waals surface area contributed by atoms with E-state index in [4.69, 9.17) is 0 Å². The molecule has 0 fully saturated rings. The SMILES string of the molecule is CCc1cc(F)c(C2=Cc3cc(F)c(-c4ccc(F)cc4)cc3CC2)c(F)c1. The van der Waals surface area contributed by atoms with Gasteiger partial charge in [0, 0.05) is 11.1 Å². The zero-order chi connectivity index (χ0) is 19.8. The molecule has 4 heteroatoms. The van der Waals surface area contributed by atoms with Gasteiger partial charge in [0.05, 0.1) is 0 Å². The van der Waals surface area contributed by atoms with Gasteiger partial charge in [0.1, 0.15) is 23.3 Å². The van der Waals surface area contributed by atoms with Crippen LogP contribution < -0.4 is 0 Å². The van der Waals surface area contributed by atoms with Crippen molar-refractivity contribution < 1.29 is 17.6 Å². The number of benzene rings is 3. The van der Waals surface area contributed by atoms with E-state index in [1.54, 1.807) is 12.1 Å². The van der Waals surface area contributed by atoms with Gasteiger partial charge in [0.2, 0.25) is 0 Å². The van der Waals surface area contributed by atoms with E-state index in [0.29, 0.717) is 47.1 Å². The molecule has 1 aliphatic carbocycles. The second kappa shape index (κ2) is 7.27. The summed E-state index contributed by atoms with van der Waals surface area (Å²) in [5, 5.41) is 0. The van der Waals surface area contributed by atoms with Crippen LogP contribution in [-0.4, -0.2) is 0 Å². The average Bonchev–Trinajstić information content (AvgIpc) is 2.67. The number of allylic oxidation sites excluding steroid dienone is 1. The molecule has 0 heterocycles. The second-order valence-corrected chi connectivity index (χ2v) is 7.00. The molecule has 0 aliphatic heterocycles. The van der Waals surface area contributed by atoms with Gasteiger partial charge in [0.25, 0.3) is 0 Å². The van der Waals surface area contributed by atoms with E-state index in [0.717, 1.165) is 5.56 Å². The van der Waals surface area contributed by atoms with Crippen molar-refractivity contribution in [3.63, 3.8) is 0 Å². The highest BCUT2D eigenvalue weighted by Crippen LogP contribution is 2.36. The molecule has 0 nitrogen and oxygen atoms in total. The second-order valence-electron chi connectivity index (χ2n) is 7.00. The Morgan fingerprint density at radius 3 is 2.11 bits per heavy atom. The van der Waals surface area contributed by atoms with Crippen molar-refractivity contribution in [1.82, 2.24) is 0 Å². The molecule has 0 aromatic heterocycles. The summed E-state index contributed by atoms with van der Waals surface area (Å²) in [5.41, 5.74) is 3.58. The Morgan fingerprint density at radius 2 is 1.46 bits per heavy atom. The first kappa shape index (κ1) is 18.5. The summed E-state index contributed by atoms with van der Waals surface area (Å²) in [6, 6.07) is 11.5. The summed E-state index contributed by atoms with van der Waals surface area (Å²) in [7, 11) is 0. The van der Waals surface area contributed by atoms with Crippen LogP contribution in [0.15, 0.2) is 48.5 Å². The van der Waals surface area contributed by atoms with E-state index in [9.17, 15) is 17.6 Å². The summed E-state index contributed by atoms with van der Waals surface area (Å²) >= 11 is 0. The van der Waals surface area contributed by atoms with Crippen LogP contribution in [0.4, 0.5) is 17.6 Å². The molecule has 0 saturated heterocycles. The van der Waals surface area contributed by atoms with Crippen molar-refractivity contribution in [3.05, 3.63) is 94.1 Å². The monoisotopic (exact) mass is 382 g/mol. The molecular formula is C24H18F4. The zero-order valence-corrected chi connectivity index (χ0v) is 15.3. The molecule has 142 valence electrons. The van der Waals surface area contributed by atoms with Crippen molar-refractivity contribution in [2.75, 3.05) is 0 Å². The van der Waals surface area contributed by atoms with Crippen LogP contribution in [0.3, 0.4) is 0 Å². The molecule has 3 aromatic rings. The largest absolute Gasteiger partial charge is 0.207 e. The standard InChI is InChI=1S/C24H18F4/c1-2-14-9-22(27)24(23(28)10-14)17-4-3-16-12-20(21(26)13-18(16)11-17)15-5-7-19(25)8-6-15/h5-13H,2-4H2,1H3. The molecule has 4 rings (SSSR count). The highest BCUT2D eigenvalue weighted by molar-refractivity contribution is 5.86. The van der Waals surface area contributed by atoms with Crippen molar-refractivity contribution in [3.8, 4) is 11.1 Å². The summed E-state index contributed by atoms with van der Waals surface area (Å²) in [6.07, 6.45) is 3.21. The van der Waals surface area contributed by atoms with Crippen LogP contribution in [0.5, 0.6) is 0 Å². The molecular weight excluding hydrogens is 364 g/mol. The quantitative estimate of drug-likeness (QED) is 0.430. The summed E-state index contributed by atoms with van der Waals surface area (Å²) in [6.45, 7) is 1.84. The molecule has 0 amide bonds. The fraction of sp³-hybridized carbons (Fsp3) is 0.167. The van der Waals surface area contributed by atoms with E-state index in [-0.39, 0.29) is 11.4 Å². The van der Waals surface area contributed by atoms with E-state index >= 15 is 0 Å². The van der Waals surface area contributed by atoms with Gasteiger partial charge in [-0.15, -0.1) is 0 Å². The Kier molecular flexibility index (Phi) is 4.80. The zero-order valence-electron chi connectivity index (χ0n) is 15.3. The molecule has 0 radical (unpaired) electrons. The van der Waals surface area contributed by atoms with Gasteiger partial charge in [-0.25, -0.2) is 17.6 Å². The molecule has 0 saturated carbocycles. The lowest BCUT2D eigenvalue weighted by molar-refractivity contribution is 0.572. The fourth-order valence-electron chi connectivity index (χ4n) is 3.70. The van der Waals surface area contributed by atoms with Crippen LogP contribution in [0.25, 0.3) is 22.8 Å². The van der Waals surface area contributed by atoms with E-state index in [1.807, 2.05) is 6.92 Å². The van der Waals surface area contributed by atoms with Crippen molar-refractivity contribution in [2.45, 2.75) is 26.2 Å². The van der Waals surface area contributed by atoms with Gasteiger partial charge >= 0.3 is 0 Å². The van der Waals surface area contributed by atoms with Crippen molar-refractivity contribution in [1.29, 1.82) is 0 Å². The lowest BCUT2D eigenvalue weighted by Crippen LogP contribution is -2.05. The third-order valence-electron chi connectivity index (χ3n) is 5.21. The highest BCUT2D eigenvalue weighted by atomic mass is 19.1. The number of aryl methyl sites for hydroxylation is 2. The topological polar surface area (TPSA) is 0 Å². The number of halogens is 4. The Labute approximate surface area is 161 Å². The van der Waals surface area contributed by atoms with E-state index in [1.165, 1.54) is 42.5 Å². The van der Waals surface area contributed by atoms with Gasteiger partial charge < -0.3 is 0 Å². The summed E-state index contributed by atoms with van der Waals surface area (Å²) in [5.74, 6) is -2.01. The van der Waals surface area contributed by atoms with Crippen LogP contribution >= 0.6 is 0 Å². The molecule has 0 bridgehead atoms. The van der Waals surface area contributed by atoms with Gasteiger partial charge in [-0.1, -0.05) is 25.1 Å². The number of rotatable bonds is 3. The first-order valence-corrected chi connectivity index (χ1v) is 9.23. The van der Waals surface area contributed by atoms with E-state index in [2.05, 4.69) is 0 Å². The predicted molar refractivity (Wildman–Crippen MR) is 104 cm³/mol. The number of hydrogen-bond acceptors (Lipinski definition) is 0. The normalized spacial score (nSPS) is 13.2. The molecule has 0 N–H and O–H groups in total. The lowest BCUT2D eigenvalue weighted by atomic mass is 9.86. The fourth-order valence-corrected chi connectivity index (χ4v) is 3.70. The van der Waals surface area contributed by atoms with Gasteiger partial charge in [-0.05, 0) is 83.5 Å². The van der Waals surface area contributed by atoms with E-state index < -0.39 is 17.5 Å². The third kappa shape index (κ3) is 3.35. The minimum atomic E-state index is -0.588. The van der Waals surface area contributed by atoms with Crippen LogP contribution in [0.1, 0.15) is 35.6 Å². The maximum Gasteiger partial charge on any atom is 0.133 e. The van der Waals surface area contributed by atoms with Gasteiger partial charge in [-0.2, -0.15) is 0 Å². The molecule has 1 aliphatic rings. The Hall–Kier alpha value is -2.88. The van der Waals surface area contributed by atoms with Gasteiger partial charge in [-0.3, -0.25) is 0 Å². The average molecular weight is 382 g/mol. The number of fused-ring (bicyclic) bond motifs is 1. The predicted octanol–water partition coefficient (Wildman–Crippen LogP) is 6.96. The summed E-state index contributed by atoms with van der Waals surface area (Å²) < 4.78 is 56.8. The minimum absolute atomic E-state index is 0.0362. The first-order chi connectivity index (χ1) is 13.5. The maximum atomic E-state index is 14.7. The van der Waals surface area contributed by atoms with Crippen LogP contribution in [0.2, 0.25) is 0 Å². The smallest absolute Gasteiger partial charge is 0.133 e. The molecule has 0 spiro atoms. The Balaban J connectivity index is 1.76. The molecule has 28 heavy (non-hydrogen) atoms. The molecule has 0 unspecified atom stereocenters. The first-order valence-electron chi connectivity index (χ1n) is 9.23. The van der Waals surface area contributed by atoms with Crippen molar-refractivity contribution in [2.24, 2.45) is 0 Å². The third-order valence-corrected chi connectivity index (χ3v) is 5.21.